The average Bonchev–Trinajstić information content (AvgIpc) is 3.02. The third-order valence-electron chi connectivity index (χ3n) is 7.00. The molecular weight excluding hydrogens is 645 g/mol. The maximum absolute atomic E-state index is 14.0. The van der Waals surface area contributed by atoms with Crippen molar-refractivity contribution in [2.24, 2.45) is 0 Å². The van der Waals surface area contributed by atoms with Gasteiger partial charge in [-0.05, 0) is 37.6 Å². The molecule has 0 aliphatic carbocycles. The lowest BCUT2D eigenvalue weighted by atomic mass is 10.2. The zero-order valence-electron chi connectivity index (χ0n) is 25.9. The minimum atomic E-state index is -4.84. The number of halogens is 3. The van der Waals surface area contributed by atoms with E-state index in [2.05, 4.69) is 37.5 Å². The molecule has 3 aromatic rings. The van der Waals surface area contributed by atoms with Gasteiger partial charge in [-0.1, -0.05) is 6.58 Å². The third-order valence-corrected chi connectivity index (χ3v) is 8.30. The molecule has 1 aliphatic rings. The van der Waals surface area contributed by atoms with E-state index in [9.17, 15) is 31.2 Å². The number of pyridine rings is 1. The third kappa shape index (κ3) is 8.85. The van der Waals surface area contributed by atoms with Crippen LogP contribution in [-0.4, -0.2) is 90.0 Å². The lowest BCUT2D eigenvalue weighted by Gasteiger charge is -2.34. The number of hydrogen-bond acceptors (Lipinski definition) is 11. The summed E-state index contributed by atoms with van der Waals surface area (Å²) in [6.07, 6.45) is -1.65. The number of benzene rings is 1. The Labute approximate surface area is 269 Å². The molecule has 0 radical (unpaired) electrons. The Bertz CT molecular complexity index is 1770. The number of sulfonamides is 1. The van der Waals surface area contributed by atoms with Crippen LogP contribution in [0.25, 0.3) is 0 Å². The van der Waals surface area contributed by atoms with Crippen LogP contribution in [-0.2, 0) is 25.8 Å². The number of alkyl halides is 3. The first-order valence-electron chi connectivity index (χ1n) is 14.1. The fraction of sp³-hybridized carbons (Fsp3) is 0.345. The number of aryl methyl sites for hydroxylation is 1. The SMILES string of the molecule is C=CC(=O)Nc1cc(O[C@H](C)C(=O)N2CCN(S(C)(=O)=O)CC2)ccc1Nc1nc(Nc2cc(OC)ncc2C)ncc1C(F)(F)F. The van der Waals surface area contributed by atoms with Gasteiger partial charge in [0.15, 0.2) is 6.10 Å². The number of carbonyl (C=O) groups excluding carboxylic acids is 2. The summed E-state index contributed by atoms with van der Waals surface area (Å²) in [5.41, 5.74) is -0.0599. The molecule has 252 valence electrons. The van der Waals surface area contributed by atoms with E-state index < -0.39 is 45.5 Å². The lowest BCUT2D eigenvalue weighted by Crippen LogP contribution is -2.53. The number of nitrogens with one attached hydrogen (secondary N) is 3. The second-order valence-electron chi connectivity index (χ2n) is 10.4. The highest BCUT2D eigenvalue weighted by Gasteiger charge is 2.36. The van der Waals surface area contributed by atoms with E-state index in [4.69, 9.17) is 9.47 Å². The molecule has 0 spiro atoms. The van der Waals surface area contributed by atoms with Gasteiger partial charge in [-0.3, -0.25) is 9.59 Å². The van der Waals surface area contributed by atoms with Crippen molar-refractivity contribution in [3.63, 3.8) is 0 Å². The molecule has 3 N–H and O–H groups in total. The van der Waals surface area contributed by atoms with Gasteiger partial charge in [-0.25, -0.2) is 18.4 Å². The number of amides is 2. The molecule has 0 unspecified atom stereocenters. The average molecular weight is 679 g/mol. The first kappa shape index (κ1) is 34.9. The number of piperazine rings is 1. The van der Waals surface area contributed by atoms with Crippen LogP contribution in [0, 0.1) is 6.92 Å². The Balaban J connectivity index is 1.60. The molecular formula is C29H33F3N8O6S. The van der Waals surface area contributed by atoms with Crippen LogP contribution >= 0.6 is 0 Å². The minimum absolute atomic E-state index is 0.00442. The lowest BCUT2D eigenvalue weighted by molar-refractivity contribution is -0.139. The summed E-state index contributed by atoms with van der Waals surface area (Å²) in [6, 6.07) is 5.61. The van der Waals surface area contributed by atoms with Crippen molar-refractivity contribution in [1.82, 2.24) is 24.2 Å². The molecule has 2 amide bonds. The predicted octanol–water partition coefficient (Wildman–Crippen LogP) is 3.69. The van der Waals surface area contributed by atoms with E-state index in [1.807, 2.05) is 0 Å². The summed E-state index contributed by atoms with van der Waals surface area (Å²) in [6.45, 7) is 7.28. The highest BCUT2D eigenvalue weighted by molar-refractivity contribution is 7.88. The molecule has 0 bridgehead atoms. The van der Waals surface area contributed by atoms with Crippen LogP contribution in [0.2, 0.25) is 0 Å². The van der Waals surface area contributed by atoms with Crippen molar-refractivity contribution < 1.29 is 40.7 Å². The highest BCUT2D eigenvalue weighted by atomic mass is 32.2. The Kier molecular flexibility index (Phi) is 10.5. The number of anilines is 5. The van der Waals surface area contributed by atoms with Crippen LogP contribution in [0.5, 0.6) is 11.6 Å². The molecule has 18 heteroatoms. The van der Waals surface area contributed by atoms with Crippen molar-refractivity contribution in [3.05, 3.63) is 60.4 Å². The summed E-state index contributed by atoms with van der Waals surface area (Å²) >= 11 is 0. The molecule has 0 saturated carbocycles. The van der Waals surface area contributed by atoms with Gasteiger partial charge in [0.25, 0.3) is 5.91 Å². The summed E-state index contributed by atoms with van der Waals surface area (Å²) in [4.78, 5) is 38.7. The first-order valence-corrected chi connectivity index (χ1v) is 15.9. The maximum atomic E-state index is 14.0. The van der Waals surface area contributed by atoms with Crippen LogP contribution in [0.3, 0.4) is 0 Å². The number of nitrogens with zero attached hydrogens (tertiary/aromatic N) is 5. The first-order chi connectivity index (χ1) is 22.1. The molecule has 1 saturated heterocycles. The summed E-state index contributed by atoms with van der Waals surface area (Å²) in [5, 5.41) is 8.02. The van der Waals surface area contributed by atoms with Gasteiger partial charge in [0.1, 0.15) is 17.1 Å². The van der Waals surface area contributed by atoms with Gasteiger partial charge < -0.3 is 30.3 Å². The second-order valence-corrected chi connectivity index (χ2v) is 12.4. The van der Waals surface area contributed by atoms with Gasteiger partial charge in [-0.15, -0.1) is 0 Å². The summed E-state index contributed by atoms with van der Waals surface area (Å²) < 4.78 is 77.8. The van der Waals surface area contributed by atoms with Crippen LogP contribution in [0.4, 0.5) is 42.0 Å². The monoisotopic (exact) mass is 678 g/mol. The Hall–Kier alpha value is -4.97. The molecule has 1 atom stereocenters. The highest BCUT2D eigenvalue weighted by Crippen LogP contribution is 2.38. The van der Waals surface area contributed by atoms with Gasteiger partial charge in [0.05, 0.1) is 30.4 Å². The number of methoxy groups -OCH3 is 1. The molecule has 14 nitrogen and oxygen atoms in total. The molecule has 3 heterocycles. The van der Waals surface area contributed by atoms with Crippen molar-refractivity contribution >= 4 is 50.7 Å². The molecule has 2 aromatic heterocycles. The Morgan fingerprint density at radius 1 is 1.04 bits per heavy atom. The van der Waals surface area contributed by atoms with Gasteiger partial charge >= 0.3 is 6.18 Å². The summed E-state index contributed by atoms with van der Waals surface area (Å²) in [5.74, 6) is -1.46. The number of aromatic nitrogens is 3. The number of carbonyl (C=O) groups is 2. The summed E-state index contributed by atoms with van der Waals surface area (Å²) in [7, 11) is -1.97. The van der Waals surface area contributed by atoms with Crippen molar-refractivity contribution in [1.29, 1.82) is 0 Å². The van der Waals surface area contributed by atoms with Gasteiger partial charge in [0, 0.05) is 50.7 Å². The number of rotatable bonds is 11. The van der Waals surface area contributed by atoms with E-state index in [1.54, 1.807) is 6.92 Å². The normalized spacial score (nSPS) is 14.6. The van der Waals surface area contributed by atoms with Crippen molar-refractivity contribution in [2.45, 2.75) is 26.1 Å². The van der Waals surface area contributed by atoms with E-state index >= 15 is 0 Å². The van der Waals surface area contributed by atoms with E-state index in [0.29, 0.717) is 17.4 Å². The molecule has 4 rings (SSSR count). The van der Waals surface area contributed by atoms with Crippen molar-refractivity contribution in [3.8, 4) is 11.6 Å². The zero-order valence-corrected chi connectivity index (χ0v) is 26.7. The van der Waals surface area contributed by atoms with Crippen LogP contribution in [0.15, 0.2) is 49.3 Å². The Morgan fingerprint density at radius 3 is 2.36 bits per heavy atom. The Morgan fingerprint density at radius 2 is 1.74 bits per heavy atom. The van der Waals surface area contributed by atoms with Gasteiger partial charge in [0.2, 0.25) is 27.8 Å². The predicted molar refractivity (Wildman–Crippen MR) is 167 cm³/mol. The molecule has 1 aliphatic heterocycles. The van der Waals surface area contributed by atoms with Gasteiger partial charge in [-0.2, -0.15) is 22.5 Å². The molecule has 1 aromatic carbocycles. The van der Waals surface area contributed by atoms with Crippen LogP contribution in [0.1, 0.15) is 18.1 Å². The minimum Gasteiger partial charge on any atom is -0.481 e. The second kappa shape index (κ2) is 14.2. The largest absolute Gasteiger partial charge is 0.481 e. The van der Waals surface area contributed by atoms with Crippen molar-refractivity contribution in [2.75, 3.05) is 55.5 Å². The maximum Gasteiger partial charge on any atom is 0.421 e. The topological polar surface area (TPSA) is 168 Å². The quantitative estimate of drug-likeness (QED) is 0.253. The molecule has 47 heavy (non-hydrogen) atoms. The van der Waals surface area contributed by atoms with E-state index in [1.165, 1.54) is 53.7 Å². The standard InChI is InChI=1S/C29H33F3N8O6S/c1-6-24(41)35-23-13-19(46-18(3)27(42)39-9-11-40(12-10-39)47(5,43)44)7-8-21(23)36-26-20(29(30,31)32)16-34-28(38-26)37-22-14-25(45-4)33-15-17(22)2/h6-8,13-16,18H,1,9-12H2,2-5H3,(H,35,41)(H2,33,34,36,37,38)/t18-/m1/s1. The molecule has 1 fully saturated rings. The number of ether oxygens (including phenoxy) is 2. The fourth-order valence-corrected chi connectivity index (χ4v) is 5.31. The fourth-order valence-electron chi connectivity index (χ4n) is 4.49. The van der Waals surface area contributed by atoms with E-state index in [0.717, 1.165) is 12.3 Å². The van der Waals surface area contributed by atoms with E-state index in [-0.39, 0.29) is 55.1 Å². The van der Waals surface area contributed by atoms with Crippen LogP contribution < -0.4 is 25.4 Å². The number of hydrogen-bond donors (Lipinski definition) is 3. The smallest absolute Gasteiger partial charge is 0.421 e. The zero-order chi connectivity index (χ0) is 34.5.